The van der Waals surface area contributed by atoms with Gasteiger partial charge in [-0.3, -0.25) is 4.90 Å². The maximum atomic E-state index is 5.88. The lowest BCUT2D eigenvalue weighted by Crippen LogP contribution is -2.52. The molecule has 23 heavy (non-hydrogen) atoms. The van der Waals surface area contributed by atoms with Crippen LogP contribution in [0.5, 0.6) is 5.75 Å². The first-order valence-electron chi connectivity index (χ1n) is 8.78. The quantitative estimate of drug-likeness (QED) is 0.564. The zero-order chi connectivity index (χ0) is 17.5. The van der Waals surface area contributed by atoms with E-state index in [4.69, 9.17) is 4.74 Å². The third kappa shape index (κ3) is 6.78. The highest BCUT2D eigenvalue weighted by Crippen LogP contribution is 2.25. The normalized spacial score (nSPS) is 12.5. The third-order valence-electron chi connectivity index (χ3n) is 4.04. The molecule has 0 aromatic heterocycles. The van der Waals surface area contributed by atoms with Crippen molar-refractivity contribution in [1.82, 2.24) is 4.90 Å². The summed E-state index contributed by atoms with van der Waals surface area (Å²) >= 11 is 0. The number of hydrogen-bond donors (Lipinski definition) is 0. The molecule has 1 aromatic rings. The van der Waals surface area contributed by atoms with Crippen LogP contribution in [0.3, 0.4) is 0 Å². The van der Waals surface area contributed by atoms with E-state index in [-0.39, 0.29) is 11.1 Å². The lowest BCUT2D eigenvalue weighted by atomic mass is 9.95. The van der Waals surface area contributed by atoms with E-state index in [1.807, 2.05) is 30.3 Å². The maximum Gasteiger partial charge on any atom is 0.126 e. The molecule has 0 amide bonds. The SMILES string of the molecule is C=Cc1ccccc1OCCCCCN(C(C)(C)C)C(C)(C)C. The minimum Gasteiger partial charge on any atom is -0.493 e. The van der Waals surface area contributed by atoms with E-state index in [1.165, 1.54) is 12.8 Å². The van der Waals surface area contributed by atoms with Gasteiger partial charge in [-0.15, -0.1) is 0 Å². The van der Waals surface area contributed by atoms with Gasteiger partial charge >= 0.3 is 0 Å². The topological polar surface area (TPSA) is 12.5 Å². The van der Waals surface area contributed by atoms with Crippen molar-refractivity contribution in [3.05, 3.63) is 36.4 Å². The summed E-state index contributed by atoms with van der Waals surface area (Å²) in [6.45, 7) is 19.5. The Morgan fingerprint density at radius 2 is 1.57 bits per heavy atom. The molecule has 130 valence electrons. The highest BCUT2D eigenvalue weighted by Gasteiger charge is 2.30. The largest absolute Gasteiger partial charge is 0.493 e. The predicted octanol–water partition coefficient (Wildman–Crippen LogP) is 5.78. The van der Waals surface area contributed by atoms with E-state index in [0.29, 0.717) is 0 Å². The summed E-state index contributed by atoms with van der Waals surface area (Å²) in [5, 5.41) is 0. The number of ether oxygens (including phenoxy) is 1. The van der Waals surface area contributed by atoms with E-state index in [9.17, 15) is 0 Å². The minimum atomic E-state index is 0.206. The first kappa shape index (κ1) is 19.8. The lowest BCUT2D eigenvalue weighted by molar-refractivity contribution is 0.0365. The van der Waals surface area contributed by atoms with E-state index in [0.717, 1.165) is 30.9 Å². The van der Waals surface area contributed by atoms with Crippen LogP contribution in [0, 0.1) is 0 Å². The average Bonchev–Trinajstić information content (AvgIpc) is 2.44. The van der Waals surface area contributed by atoms with Gasteiger partial charge < -0.3 is 4.74 Å². The fourth-order valence-electron chi connectivity index (χ4n) is 3.19. The van der Waals surface area contributed by atoms with Crippen molar-refractivity contribution in [2.45, 2.75) is 71.9 Å². The molecule has 0 atom stereocenters. The monoisotopic (exact) mass is 317 g/mol. The molecule has 0 aliphatic rings. The van der Waals surface area contributed by atoms with Crippen LogP contribution < -0.4 is 4.74 Å². The molecular formula is C21H35NO. The number of hydrogen-bond acceptors (Lipinski definition) is 2. The Bertz CT molecular complexity index is 465. The van der Waals surface area contributed by atoms with Crippen LogP contribution in [0.15, 0.2) is 30.8 Å². The molecule has 0 heterocycles. The molecule has 0 fully saturated rings. The Kier molecular flexibility index (Phi) is 7.34. The van der Waals surface area contributed by atoms with Gasteiger partial charge in [0.05, 0.1) is 6.61 Å². The molecule has 1 aromatic carbocycles. The number of unbranched alkanes of at least 4 members (excludes halogenated alkanes) is 2. The van der Waals surface area contributed by atoms with Gasteiger partial charge in [-0.1, -0.05) is 30.9 Å². The lowest BCUT2D eigenvalue weighted by Gasteiger charge is -2.45. The molecule has 1 rings (SSSR count). The van der Waals surface area contributed by atoms with Crippen molar-refractivity contribution in [2.75, 3.05) is 13.2 Å². The molecule has 0 unspecified atom stereocenters. The van der Waals surface area contributed by atoms with Gasteiger partial charge in [0.15, 0.2) is 0 Å². The maximum absolute atomic E-state index is 5.88. The second-order valence-electron chi connectivity index (χ2n) is 8.14. The second-order valence-corrected chi connectivity index (χ2v) is 8.14. The number of rotatable bonds is 8. The van der Waals surface area contributed by atoms with Crippen LogP contribution in [0.25, 0.3) is 6.08 Å². The highest BCUT2D eigenvalue weighted by atomic mass is 16.5. The number of nitrogens with zero attached hydrogens (tertiary/aromatic N) is 1. The summed E-state index contributed by atoms with van der Waals surface area (Å²) in [6, 6.07) is 8.06. The standard InChI is InChI=1S/C21H35NO/c1-8-18-14-10-11-15-19(18)23-17-13-9-12-16-22(20(2,3)4)21(5,6)7/h8,10-11,14-15H,1,9,12-13,16-17H2,2-7H3. The van der Waals surface area contributed by atoms with Crippen molar-refractivity contribution in [3.8, 4) is 5.75 Å². The molecule has 0 radical (unpaired) electrons. The molecule has 0 spiro atoms. The van der Waals surface area contributed by atoms with Gasteiger partial charge in [-0.25, -0.2) is 0 Å². The zero-order valence-electron chi connectivity index (χ0n) is 16.0. The van der Waals surface area contributed by atoms with Crippen LogP contribution in [0.4, 0.5) is 0 Å². The molecule has 0 N–H and O–H groups in total. The van der Waals surface area contributed by atoms with Crippen molar-refractivity contribution >= 4 is 6.08 Å². The summed E-state index contributed by atoms with van der Waals surface area (Å²) < 4.78 is 5.88. The summed E-state index contributed by atoms with van der Waals surface area (Å²) in [4.78, 5) is 2.59. The smallest absolute Gasteiger partial charge is 0.126 e. The Morgan fingerprint density at radius 3 is 2.13 bits per heavy atom. The summed E-state index contributed by atoms with van der Waals surface area (Å²) in [5.41, 5.74) is 1.48. The average molecular weight is 318 g/mol. The van der Waals surface area contributed by atoms with E-state index in [2.05, 4.69) is 53.0 Å². The van der Waals surface area contributed by atoms with Gasteiger partial charge in [-0.05, 0) is 73.4 Å². The highest BCUT2D eigenvalue weighted by molar-refractivity contribution is 5.55. The van der Waals surface area contributed by atoms with E-state index in [1.54, 1.807) is 0 Å². The third-order valence-corrected chi connectivity index (χ3v) is 4.04. The van der Waals surface area contributed by atoms with Gasteiger partial charge in [0.2, 0.25) is 0 Å². The van der Waals surface area contributed by atoms with Crippen molar-refractivity contribution in [2.24, 2.45) is 0 Å². The van der Waals surface area contributed by atoms with E-state index >= 15 is 0 Å². The fourth-order valence-corrected chi connectivity index (χ4v) is 3.19. The molecule has 2 heteroatoms. The number of para-hydroxylation sites is 1. The minimum absolute atomic E-state index is 0.206. The Labute approximate surface area is 143 Å². The molecule has 0 bridgehead atoms. The summed E-state index contributed by atoms with van der Waals surface area (Å²) in [5.74, 6) is 0.938. The van der Waals surface area contributed by atoms with Crippen LogP contribution in [-0.2, 0) is 0 Å². The van der Waals surface area contributed by atoms with Gasteiger partial charge in [0.25, 0.3) is 0 Å². The first-order chi connectivity index (χ1) is 10.7. The number of benzene rings is 1. The fraction of sp³-hybridized carbons (Fsp3) is 0.619. The molecule has 0 aliphatic carbocycles. The van der Waals surface area contributed by atoms with Crippen LogP contribution >= 0.6 is 0 Å². The molecule has 2 nitrogen and oxygen atoms in total. The van der Waals surface area contributed by atoms with Gasteiger partial charge in [-0.2, -0.15) is 0 Å². The van der Waals surface area contributed by atoms with Crippen molar-refractivity contribution < 1.29 is 4.74 Å². The summed E-state index contributed by atoms with van der Waals surface area (Å²) in [6.07, 6.45) is 5.34. The predicted molar refractivity (Wildman–Crippen MR) is 102 cm³/mol. The van der Waals surface area contributed by atoms with E-state index < -0.39 is 0 Å². The van der Waals surface area contributed by atoms with Crippen LogP contribution in [0.1, 0.15) is 66.4 Å². The van der Waals surface area contributed by atoms with Crippen LogP contribution in [-0.4, -0.2) is 29.1 Å². The molecule has 0 saturated carbocycles. The van der Waals surface area contributed by atoms with Crippen molar-refractivity contribution in [3.63, 3.8) is 0 Å². The van der Waals surface area contributed by atoms with Crippen molar-refractivity contribution in [1.29, 1.82) is 0 Å². The summed E-state index contributed by atoms with van der Waals surface area (Å²) in [7, 11) is 0. The zero-order valence-corrected chi connectivity index (χ0v) is 16.0. The first-order valence-corrected chi connectivity index (χ1v) is 8.78. The molecule has 0 saturated heterocycles. The Morgan fingerprint density at radius 1 is 0.957 bits per heavy atom. The van der Waals surface area contributed by atoms with Gasteiger partial charge in [0.1, 0.15) is 5.75 Å². The Balaban J connectivity index is 2.33. The molecular weight excluding hydrogens is 282 g/mol. The molecule has 0 aliphatic heterocycles. The van der Waals surface area contributed by atoms with Gasteiger partial charge in [0, 0.05) is 16.6 Å². The second kappa shape index (κ2) is 8.54. The van der Waals surface area contributed by atoms with Crippen LogP contribution in [0.2, 0.25) is 0 Å². The Hall–Kier alpha value is -1.28.